The van der Waals surface area contributed by atoms with Crippen LogP contribution < -0.4 is 0 Å². The zero-order valence-electron chi connectivity index (χ0n) is 8.58. The lowest BCUT2D eigenvalue weighted by molar-refractivity contribution is -0.131. The van der Waals surface area contributed by atoms with Gasteiger partial charge in [-0.2, -0.15) is 5.10 Å². The van der Waals surface area contributed by atoms with Crippen LogP contribution >= 0.6 is 0 Å². The van der Waals surface area contributed by atoms with E-state index in [0.717, 1.165) is 11.6 Å². The van der Waals surface area contributed by atoms with Crippen LogP contribution in [0.15, 0.2) is 54.9 Å². The van der Waals surface area contributed by atoms with Crippen molar-refractivity contribution in [1.82, 2.24) is 10.2 Å². The van der Waals surface area contributed by atoms with Crippen LogP contribution in [-0.4, -0.2) is 21.3 Å². The zero-order valence-corrected chi connectivity index (χ0v) is 8.58. The molecule has 0 aliphatic heterocycles. The van der Waals surface area contributed by atoms with Crippen molar-refractivity contribution >= 4 is 12.0 Å². The molecule has 82 valence electrons. The van der Waals surface area contributed by atoms with E-state index < -0.39 is 5.97 Å². The summed E-state index contributed by atoms with van der Waals surface area (Å²) in [6.45, 7) is 0. The third-order valence-corrected chi connectivity index (χ3v) is 1.62. The number of aliphatic carboxylic acids is 1. The number of nitrogens with zero attached hydrogens (tertiary/aromatic N) is 1. The van der Waals surface area contributed by atoms with E-state index in [9.17, 15) is 4.79 Å². The Hall–Kier alpha value is -2.36. The van der Waals surface area contributed by atoms with Gasteiger partial charge < -0.3 is 5.11 Å². The monoisotopic (exact) mass is 216 g/mol. The van der Waals surface area contributed by atoms with Crippen molar-refractivity contribution in [2.45, 2.75) is 0 Å². The van der Waals surface area contributed by atoms with E-state index in [4.69, 9.17) is 5.11 Å². The number of nitrogens with one attached hydrogen (secondary N) is 1. The highest BCUT2D eigenvalue weighted by molar-refractivity contribution is 5.85. The van der Waals surface area contributed by atoms with Crippen molar-refractivity contribution in [3.63, 3.8) is 0 Å². The summed E-state index contributed by atoms with van der Waals surface area (Å²) >= 11 is 0. The van der Waals surface area contributed by atoms with Crippen LogP contribution in [0.5, 0.6) is 0 Å². The summed E-state index contributed by atoms with van der Waals surface area (Å²) in [5.74, 6) is -0.922. The van der Waals surface area contributed by atoms with E-state index in [1.165, 1.54) is 0 Å². The number of H-pyrrole nitrogens is 1. The highest BCUT2D eigenvalue weighted by atomic mass is 16.4. The van der Waals surface area contributed by atoms with Gasteiger partial charge in [-0.1, -0.05) is 30.3 Å². The highest BCUT2D eigenvalue weighted by Crippen LogP contribution is 1.99. The van der Waals surface area contributed by atoms with E-state index in [1.54, 1.807) is 18.5 Å². The topological polar surface area (TPSA) is 66.0 Å². The Morgan fingerprint density at radius 1 is 1.25 bits per heavy atom. The normalized spacial score (nSPS) is 9.50. The van der Waals surface area contributed by atoms with Gasteiger partial charge in [0.05, 0.1) is 0 Å². The lowest BCUT2D eigenvalue weighted by Gasteiger charge is -1.87. The predicted octanol–water partition coefficient (Wildman–Crippen LogP) is 2.19. The van der Waals surface area contributed by atoms with Gasteiger partial charge in [0, 0.05) is 18.5 Å². The number of aromatic nitrogens is 2. The maximum atomic E-state index is 10.1. The number of hydrogen-bond acceptors (Lipinski definition) is 2. The molecule has 1 aromatic carbocycles. The first-order valence-corrected chi connectivity index (χ1v) is 4.69. The number of carbonyl (C=O) groups is 1. The molecule has 0 amide bonds. The summed E-state index contributed by atoms with van der Waals surface area (Å²) in [6.07, 6.45) is 6.14. The molecule has 0 fully saturated rings. The van der Waals surface area contributed by atoms with Gasteiger partial charge in [0.15, 0.2) is 0 Å². The summed E-state index contributed by atoms with van der Waals surface area (Å²) in [5, 5.41) is 14.5. The molecule has 1 heterocycles. The average Bonchev–Trinajstić information content (AvgIpc) is 2.86. The van der Waals surface area contributed by atoms with Gasteiger partial charge in [-0.05, 0) is 17.7 Å². The maximum absolute atomic E-state index is 10.1. The Balaban J connectivity index is 0.000000212. The first kappa shape index (κ1) is 11.7. The second kappa shape index (κ2) is 7.00. The highest BCUT2D eigenvalue weighted by Gasteiger charge is 1.85. The van der Waals surface area contributed by atoms with Gasteiger partial charge in [-0.3, -0.25) is 5.10 Å². The van der Waals surface area contributed by atoms with E-state index in [0.29, 0.717) is 0 Å². The molecule has 0 bridgehead atoms. The Labute approximate surface area is 93.3 Å². The summed E-state index contributed by atoms with van der Waals surface area (Å²) in [6, 6.07) is 11.1. The van der Waals surface area contributed by atoms with Gasteiger partial charge >= 0.3 is 5.97 Å². The van der Waals surface area contributed by atoms with Crippen LogP contribution in [0.25, 0.3) is 6.08 Å². The van der Waals surface area contributed by atoms with Crippen molar-refractivity contribution in [1.29, 1.82) is 0 Å². The first-order chi connectivity index (χ1) is 7.79. The third kappa shape index (κ3) is 5.39. The maximum Gasteiger partial charge on any atom is 0.328 e. The molecular weight excluding hydrogens is 204 g/mol. The van der Waals surface area contributed by atoms with Crippen molar-refractivity contribution in [2.75, 3.05) is 0 Å². The van der Waals surface area contributed by atoms with Crippen LogP contribution in [0, 0.1) is 0 Å². The largest absolute Gasteiger partial charge is 0.478 e. The Kier molecular flexibility index (Phi) is 5.13. The van der Waals surface area contributed by atoms with Crippen molar-refractivity contribution < 1.29 is 9.90 Å². The predicted molar refractivity (Wildman–Crippen MR) is 61.7 cm³/mol. The van der Waals surface area contributed by atoms with Gasteiger partial charge in [-0.25, -0.2) is 4.79 Å². The number of carboxylic acids is 1. The minimum Gasteiger partial charge on any atom is -0.478 e. The van der Waals surface area contributed by atoms with E-state index in [2.05, 4.69) is 10.2 Å². The lowest BCUT2D eigenvalue weighted by Crippen LogP contribution is -1.85. The molecule has 0 atom stereocenters. The summed E-state index contributed by atoms with van der Waals surface area (Å²) in [4.78, 5) is 10.1. The van der Waals surface area contributed by atoms with Crippen LogP contribution in [0.3, 0.4) is 0 Å². The number of benzene rings is 1. The molecule has 0 unspecified atom stereocenters. The Morgan fingerprint density at radius 3 is 2.44 bits per heavy atom. The van der Waals surface area contributed by atoms with Crippen molar-refractivity contribution in [2.24, 2.45) is 0 Å². The molecule has 2 N–H and O–H groups in total. The Morgan fingerprint density at radius 2 is 2.00 bits per heavy atom. The SMILES string of the molecule is O=C(O)C=Cc1ccccc1.c1cn[nH]c1. The number of hydrogen-bond donors (Lipinski definition) is 2. The second-order valence-electron chi connectivity index (χ2n) is 2.85. The number of carboxylic acid groups (broad SMARTS) is 1. The molecule has 16 heavy (non-hydrogen) atoms. The molecule has 0 aliphatic rings. The lowest BCUT2D eigenvalue weighted by atomic mass is 10.2. The molecule has 2 rings (SSSR count). The van der Waals surface area contributed by atoms with Crippen LogP contribution in [0.1, 0.15) is 5.56 Å². The fourth-order valence-corrected chi connectivity index (χ4v) is 0.947. The molecule has 4 nitrogen and oxygen atoms in total. The second-order valence-corrected chi connectivity index (χ2v) is 2.85. The van der Waals surface area contributed by atoms with Crippen LogP contribution in [-0.2, 0) is 4.79 Å². The third-order valence-electron chi connectivity index (χ3n) is 1.62. The summed E-state index contributed by atoms with van der Waals surface area (Å²) < 4.78 is 0. The molecule has 2 aromatic rings. The molecular formula is C12H12N2O2. The summed E-state index contributed by atoms with van der Waals surface area (Å²) in [7, 11) is 0. The standard InChI is InChI=1S/C9H8O2.C3H4N2/c10-9(11)7-6-8-4-2-1-3-5-8;1-2-4-5-3-1/h1-7H,(H,10,11);1-3H,(H,4,5). The van der Waals surface area contributed by atoms with Gasteiger partial charge in [0.25, 0.3) is 0 Å². The van der Waals surface area contributed by atoms with E-state index in [1.807, 2.05) is 36.4 Å². The van der Waals surface area contributed by atoms with E-state index >= 15 is 0 Å². The molecule has 0 radical (unpaired) electrons. The number of aromatic amines is 1. The fraction of sp³-hybridized carbons (Fsp3) is 0. The molecule has 0 aliphatic carbocycles. The average molecular weight is 216 g/mol. The van der Waals surface area contributed by atoms with E-state index in [-0.39, 0.29) is 0 Å². The van der Waals surface area contributed by atoms with Gasteiger partial charge in [-0.15, -0.1) is 0 Å². The van der Waals surface area contributed by atoms with Gasteiger partial charge in [0.1, 0.15) is 0 Å². The molecule has 0 saturated heterocycles. The smallest absolute Gasteiger partial charge is 0.328 e. The Bertz CT molecular complexity index is 404. The van der Waals surface area contributed by atoms with Gasteiger partial charge in [0.2, 0.25) is 0 Å². The first-order valence-electron chi connectivity index (χ1n) is 4.69. The van der Waals surface area contributed by atoms with Crippen molar-refractivity contribution in [3.8, 4) is 0 Å². The number of rotatable bonds is 2. The molecule has 1 aromatic heterocycles. The molecule has 0 saturated carbocycles. The molecule has 0 spiro atoms. The quantitative estimate of drug-likeness (QED) is 0.756. The molecule has 4 heteroatoms. The van der Waals surface area contributed by atoms with Crippen molar-refractivity contribution in [3.05, 3.63) is 60.4 Å². The minimum absolute atomic E-state index is 0.898. The van der Waals surface area contributed by atoms with Crippen LogP contribution in [0.2, 0.25) is 0 Å². The minimum atomic E-state index is -0.922. The summed E-state index contributed by atoms with van der Waals surface area (Å²) in [5.41, 5.74) is 0.898. The zero-order chi connectivity index (χ0) is 11.6. The van der Waals surface area contributed by atoms with Crippen LogP contribution in [0.4, 0.5) is 0 Å². The fourth-order valence-electron chi connectivity index (χ4n) is 0.947.